The fraction of sp³-hybridized carbons (Fsp3) is 0.444. The summed E-state index contributed by atoms with van der Waals surface area (Å²) < 4.78 is 0. The van der Waals surface area contributed by atoms with Crippen LogP contribution in [0.5, 0.6) is 0 Å². The molecule has 0 aliphatic carbocycles. The minimum atomic E-state index is 0. The second-order valence-corrected chi connectivity index (χ2v) is 2.88. The Morgan fingerprint density at radius 1 is 1.25 bits per heavy atom. The minimum Gasteiger partial charge on any atom is -1.00 e. The van der Waals surface area contributed by atoms with E-state index in [0.717, 1.165) is 0 Å². The summed E-state index contributed by atoms with van der Waals surface area (Å²) in [4.78, 5) is 0. The van der Waals surface area contributed by atoms with E-state index in [1.165, 1.54) is 11.1 Å². The molecule has 0 heterocycles. The molecule has 1 radical (unpaired) electrons. The van der Waals surface area contributed by atoms with E-state index in [-0.39, 0.29) is 46.5 Å². The van der Waals surface area contributed by atoms with Gasteiger partial charge in [0, 0.05) is 0 Å². The van der Waals surface area contributed by atoms with Crippen LogP contribution in [0, 0.1) is 6.92 Å². The zero-order valence-corrected chi connectivity index (χ0v) is 10.6. The Morgan fingerprint density at radius 2 is 1.75 bits per heavy atom. The van der Waals surface area contributed by atoms with Crippen LogP contribution in [0.15, 0.2) is 18.2 Å². The van der Waals surface area contributed by atoms with Gasteiger partial charge >= 0.3 is 21.7 Å². The Labute approximate surface area is 102 Å². The van der Waals surface area contributed by atoms with Crippen LogP contribution in [0.25, 0.3) is 0 Å². The average molecular weight is 240 g/mol. The predicted octanol–water partition coefficient (Wildman–Crippen LogP) is -3.16. The van der Waals surface area contributed by atoms with E-state index in [1.54, 1.807) is 0 Å². The second-order valence-electron chi connectivity index (χ2n) is 2.88. The van der Waals surface area contributed by atoms with Gasteiger partial charge in [-0.25, -0.2) is 6.07 Å². The Kier molecular flexibility index (Phi) is 12.7. The molecule has 0 amide bonds. The first-order chi connectivity index (χ1) is 4.20. The molecule has 3 heteroatoms. The van der Waals surface area contributed by atoms with Gasteiger partial charge in [-0.05, 0) is 0 Å². The maximum atomic E-state index is 2.24. The van der Waals surface area contributed by atoms with Gasteiger partial charge in [0.05, 0.1) is 0 Å². The van der Waals surface area contributed by atoms with E-state index in [9.17, 15) is 0 Å². The van der Waals surface area contributed by atoms with Crippen LogP contribution in [0.2, 0.25) is 0 Å². The quantitative estimate of drug-likeness (QED) is 0.359. The summed E-state index contributed by atoms with van der Waals surface area (Å²) >= 11 is 0. The third kappa shape index (κ3) is 5.32. The molecule has 0 atom stereocenters. The molecule has 0 aliphatic heterocycles. The normalized spacial score (nSPS) is 8.00. The molecule has 0 N–H and O–H groups in total. The van der Waals surface area contributed by atoms with Gasteiger partial charge in [-0.2, -0.15) is 23.3 Å². The third-order valence-corrected chi connectivity index (χ3v) is 1.60. The fourth-order valence-electron chi connectivity index (χ4n) is 0.946. The first kappa shape index (κ1) is 18.4. The van der Waals surface area contributed by atoms with Crippen LogP contribution in [-0.2, 0) is 21.7 Å². The van der Waals surface area contributed by atoms with Gasteiger partial charge in [0.2, 0.25) is 0 Å². The smallest absolute Gasteiger partial charge is 1.00 e. The van der Waals surface area contributed by atoms with Gasteiger partial charge in [0.25, 0.3) is 0 Å². The monoisotopic (exact) mass is 239 g/mol. The summed E-state index contributed by atoms with van der Waals surface area (Å²) in [6.07, 6.45) is 0. The summed E-state index contributed by atoms with van der Waals surface area (Å²) in [6, 6.07) is 6.60. The molecule has 0 nitrogen and oxygen atoms in total. The summed E-state index contributed by atoms with van der Waals surface area (Å²) in [7, 11) is 0. The van der Waals surface area contributed by atoms with Crippen LogP contribution in [0.1, 0.15) is 30.9 Å². The first-order valence-corrected chi connectivity index (χ1v) is 3.43. The molecule has 0 saturated heterocycles. The standard InChI is InChI=1S/C9H13.2ClH.Ti/c1-7(2)9-5-4-8(3)6-9;;;/h4-7H,1-3H3;2*1H;/q-1;;;+3/p-2. The van der Waals surface area contributed by atoms with Gasteiger partial charge < -0.3 is 24.8 Å². The summed E-state index contributed by atoms with van der Waals surface area (Å²) in [5.74, 6) is 0.679. The Hall–Kier alpha value is 0.644. The molecular weight excluding hydrogens is 227 g/mol. The van der Waals surface area contributed by atoms with Crippen molar-refractivity contribution >= 4 is 0 Å². The van der Waals surface area contributed by atoms with E-state index in [2.05, 4.69) is 39.0 Å². The Bertz CT molecular complexity index is 194. The zero-order chi connectivity index (χ0) is 6.85. The van der Waals surface area contributed by atoms with Crippen LogP contribution in [0.4, 0.5) is 0 Å². The van der Waals surface area contributed by atoms with Gasteiger partial charge in [0.15, 0.2) is 0 Å². The largest absolute Gasteiger partial charge is 3.00 e. The van der Waals surface area contributed by atoms with Gasteiger partial charge in [-0.15, -0.1) is 0 Å². The number of hydrogen-bond donors (Lipinski definition) is 0. The van der Waals surface area contributed by atoms with Gasteiger partial charge in [-0.1, -0.05) is 26.7 Å². The molecule has 0 unspecified atom stereocenters. The van der Waals surface area contributed by atoms with Crippen LogP contribution in [0.3, 0.4) is 0 Å². The van der Waals surface area contributed by atoms with Crippen LogP contribution >= 0.6 is 0 Å². The van der Waals surface area contributed by atoms with Crippen molar-refractivity contribution in [2.45, 2.75) is 26.7 Å². The molecule has 1 rings (SSSR count). The molecule has 1 aromatic rings. The summed E-state index contributed by atoms with van der Waals surface area (Å²) in [6.45, 7) is 6.56. The summed E-state index contributed by atoms with van der Waals surface area (Å²) in [5, 5.41) is 0. The van der Waals surface area contributed by atoms with Crippen molar-refractivity contribution in [2.24, 2.45) is 0 Å². The van der Waals surface area contributed by atoms with Crippen molar-refractivity contribution < 1.29 is 46.5 Å². The van der Waals surface area contributed by atoms with E-state index in [4.69, 9.17) is 0 Å². The Morgan fingerprint density at radius 3 is 1.92 bits per heavy atom. The topological polar surface area (TPSA) is 0 Å². The van der Waals surface area contributed by atoms with Gasteiger partial charge in [0.1, 0.15) is 0 Å². The van der Waals surface area contributed by atoms with Crippen LogP contribution < -0.4 is 24.8 Å². The molecule has 12 heavy (non-hydrogen) atoms. The summed E-state index contributed by atoms with van der Waals surface area (Å²) in [5.41, 5.74) is 2.83. The van der Waals surface area contributed by atoms with Crippen molar-refractivity contribution in [1.82, 2.24) is 0 Å². The third-order valence-electron chi connectivity index (χ3n) is 1.60. The molecular formula is C9H13Cl2Ti. The molecule has 0 spiro atoms. The molecule has 0 aliphatic rings. The first-order valence-electron chi connectivity index (χ1n) is 3.43. The number of hydrogen-bond acceptors (Lipinski definition) is 0. The number of halogens is 2. The van der Waals surface area contributed by atoms with E-state index in [1.807, 2.05) is 0 Å². The average Bonchev–Trinajstić information content (AvgIpc) is 2.14. The second kappa shape index (κ2) is 8.25. The number of aryl methyl sites for hydroxylation is 1. The maximum absolute atomic E-state index is 2.24. The molecule has 0 aromatic heterocycles. The molecule has 1 aromatic carbocycles. The van der Waals surface area contributed by atoms with Crippen LogP contribution in [-0.4, -0.2) is 0 Å². The van der Waals surface area contributed by atoms with E-state index < -0.39 is 0 Å². The fourth-order valence-corrected chi connectivity index (χ4v) is 0.946. The SMILES string of the molecule is C[c-]1ccc(C(C)C)c1.[Cl-].[Cl-].[Ti+3]. The molecule has 0 fully saturated rings. The Balaban J connectivity index is -0.000000270. The zero-order valence-electron chi connectivity index (χ0n) is 7.57. The maximum Gasteiger partial charge on any atom is 3.00 e. The predicted molar refractivity (Wildman–Crippen MR) is 40.9 cm³/mol. The van der Waals surface area contributed by atoms with Crippen molar-refractivity contribution in [2.75, 3.05) is 0 Å². The molecule has 0 bridgehead atoms. The van der Waals surface area contributed by atoms with Gasteiger partial charge in [-0.3, -0.25) is 0 Å². The van der Waals surface area contributed by atoms with Crippen molar-refractivity contribution in [3.63, 3.8) is 0 Å². The van der Waals surface area contributed by atoms with E-state index in [0.29, 0.717) is 5.92 Å². The molecule has 0 saturated carbocycles. The molecule has 67 valence electrons. The minimum absolute atomic E-state index is 0. The van der Waals surface area contributed by atoms with Crippen molar-refractivity contribution in [1.29, 1.82) is 0 Å². The van der Waals surface area contributed by atoms with E-state index >= 15 is 0 Å². The van der Waals surface area contributed by atoms with Crippen molar-refractivity contribution in [3.8, 4) is 0 Å². The number of rotatable bonds is 1. The van der Waals surface area contributed by atoms with Crippen molar-refractivity contribution in [3.05, 3.63) is 29.3 Å².